The maximum absolute atomic E-state index is 13.3. The van der Waals surface area contributed by atoms with Gasteiger partial charge in [0.2, 0.25) is 0 Å². The molecule has 0 fully saturated rings. The van der Waals surface area contributed by atoms with Gasteiger partial charge >= 0.3 is 0 Å². The van der Waals surface area contributed by atoms with Crippen molar-refractivity contribution in [3.8, 4) is 0 Å². The summed E-state index contributed by atoms with van der Waals surface area (Å²) >= 11 is 0. The molecule has 0 unspecified atom stereocenters. The minimum Gasteiger partial charge on any atom is -0.352 e. The molecule has 98 valence electrons. The van der Waals surface area contributed by atoms with Crippen molar-refractivity contribution in [1.29, 1.82) is 0 Å². The number of benzene rings is 1. The Bertz CT molecular complexity index is 543. The Morgan fingerprint density at radius 2 is 2.00 bits per heavy atom. The highest BCUT2D eigenvalue weighted by atomic mass is 19.1. The third-order valence-corrected chi connectivity index (χ3v) is 2.79. The highest BCUT2D eigenvalue weighted by Gasteiger charge is 2.09. The Hall–Kier alpha value is -2.23. The van der Waals surface area contributed by atoms with E-state index < -0.39 is 11.7 Å². The molecule has 0 atom stereocenters. The van der Waals surface area contributed by atoms with Crippen LogP contribution >= 0.6 is 0 Å². The number of aryl methyl sites for hydroxylation is 1. The lowest BCUT2D eigenvalue weighted by Crippen LogP contribution is -2.25. The van der Waals surface area contributed by atoms with E-state index in [4.69, 9.17) is 0 Å². The molecule has 0 bridgehead atoms. The fourth-order valence-electron chi connectivity index (χ4n) is 1.79. The molecular formula is C15H15FN2O. The summed E-state index contributed by atoms with van der Waals surface area (Å²) in [6, 6.07) is 11.4. The summed E-state index contributed by atoms with van der Waals surface area (Å²) in [5, 5.41) is 2.70. The van der Waals surface area contributed by atoms with Gasteiger partial charge in [-0.3, -0.25) is 9.78 Å². The second kappa shape index (κ2) is 6.64. The van der Waals surface area contributed by atoms with Crippen LogP contribution in [0.15, 0.2) is 48.8 Å². The third kappa shape index (κ3) is 3.88. The van der Waals surface area contributed by atoms with Crippen molar-refractivity contribution in [2.75, 3.05) is 6.54 Å². The zero-order valence-corrected chi connectivity index (χ0v) is 10.5. The largest absolute Gasteiger partial charge is 0.352 e. The van der Waals surface area contributed by atoms with Crippen molar-refractivity contribution in [1.82, 2.24) is 10.3 Å². The van der Waals surface area contributed by atoms with Crippen molar-refractivity contribution >= 4 is 5.91 Å². The van der Waals surface area contributed by atoms with Crippen LogP contribution in [0, 0.1) is 5.82 Å². The molecule has 0 aliphatic carbocycles. The number of hydrogen-bond acceptors (Lipinski definition) is 2. The van der Waals surface area contributed by atoms with E-state index in [9.17, 15) is 9.18 Å². The molecule has 1 aromatic heterocycles. The van der Waals surface area contributed by atoms with E-state index in [-0.39, 0.29) is 5.56 Å². The van der Waals surface area contributed by atoms with Crippen molar-refractivity contribution in [2.24, 2.45) is 0 Å². The number of rotatable bonds is 5. The number of pyridine rings is 1. The molecule has 0 spiro atoms. The average molecular weight is 258 g/mol. The van der Waals surface area contributed by atoms with Crippen LogP contribution in [0.4, 0.5) is 4.39 Å². The van der Waals surface area contributed by atoms with Gasteiger partial charge in [-0.1, -0.05) is 30.3 Å². The molecule has 2 aromatic rings. The van der Waals surface area contributed by atoms with Crippen molar-refractivity contribution in [3.05, 3.63) is 65.7 Å². The number of nitrogens with zero attached hydrogens (tertiary/aromatic N) is 1. The number of nitrogens with one attached hydrogen (secondary N) is 1. The van der Waals surface area contributed by atoms with Gasteiger partial charge in [0.1, 0.15) is 0 Å². The summed E-state index contributed by atoms with van der Waals surface area (Å²) in [5.74, 6) is -0.990. The second-order valence-corrected chi connectivity index (χ2v) is 4.20. The first-order valence-electron chi connectivity index (χ1n) is 6.19. The van der Waals surface area contributed by atoms with E-state index in [2.05, 4.69) is 10.3 Å². The number of aromatic nitrogens is 1. The standard InChI is InChI=1S/C15H15FN2O/c16-14-11-17-10-8-13(14)15(19)18-9-4-7-12-5-2-1-3-6-12/h1-3,5-6,8,10-11H,4,7,9H2,(H,18,19). The summed E-state index contributed by atoms with van der Waals surface area (Å²) in [6.45, 7) is 0.523. The molecule has 1 N–H and O–H groups in total. The first-order chi connectivity index (χ1) is 9.27. The summed E-state index contributed by atoms with van der Waals surface area (Å²) in [4.78, 5) is 15.3. The molecule has 4 heteroatoms. The van der Waals surface area contributed by atoms with E-state index in [1.54, 1.807) is 0 Å². The highest BCUT2D eigenvalue weighted by Crippen LogP contribution is 2.05. The van der Waals surface area contributed by atoms with Gasteiger partial charge in [0.05, 0.1) is 11.8 Å². The molecule has 0 radical (unpaired) electrons. The quantitative estimate of drug-likeness (QED) is 0.837. The summed E-state index contributed by atoms with van der Waals surface area (Å²) in [7, 11) is 0. The fraction of sp³-hybridized carbons (Fsp3) is 0.200. The number of halogens is 1. The van der Waals surface area contributed by atoms with Crippen molar-refractivity contribution in [3.63, 3.8) is 0 Å². The van der Waals surface area contributed by atoms with E-state index >= 15 is 0 Å². The van der Waals surface area contributed by atoms with Crippen molar-refractivity contribution < 1.29 is 9.18 Å². The maximum Gasteiger partial charge on any atom is 0.254 e. The van der Waals surface area contributed by atoms with Gasteiger partial charge < -0.3 is 5.32 Å². The minimum absolute atomic E-state index is 0.0368. The molecule has 0 aliphatic rings. The average Bonchev–Trinajstić information content (AvgIpc) is 2.45. The fourth-order valence-corrected chi connectivity index (χ4v) is 1.79. The molecular weight excluding hydrogens is 243 g/mol. The van der Waals surface area contributed by atoms with Gasteiger partial charge in [0, 0.05) is 12.7 Å². The summed E-state index contributed by atoms with van der Waals surface area (Å²) < 4.78 is 13.3. The Morgan fingerprint density at radius 3 is 2.74 bits per heavy atom. The third-order valence-electron chi connectivity index (χ3n) is 2.79. The van der Waals surface area contributed by atoms with Crippen molar-refractivity contribution in [2.45, 2.75) is 12.8 Å². The lowest BCUT2D eigenvalue weighted by atomic mass is 10.1. The van der Waals surface area contributed by atoms with E-state index in [0.717, 1.165) is 19.0 Å². The topological polar surface area (TPSA) is 42.0 Å². The van der Waals surface area contributed by atoms with Gasteiger partial charge in [-0.15, -0.1) is 0 Å². The van der Waals surface area contributed by atoms with Crippen LogP contribution < -0.4 is 5.32 Å². The smallest absolute Gasteiger partial charge is 0.254 e. The Balaban J connectivity index is 1.77. The molecule has 1 aromatic carbocycles. The van der Waals surface area contributed by atoms with Crippen LogP contribution in [0.1, 0.15) is 22.3 Å². The Labute approximate surface area is 111 Å². The predicted octanol–water partition coefficient (Wildman–Crippen LogP) is 2.58. The monoisotopic (exact) mass is 258 g/mol. The lowest BCUT2D eigenvalue weighted by Gasteiger charge is -2.05. The van der Waals surface area contributed by atoms with Gasteiger partial charge in [0.25, 0.3) is 5.91 Å². The SMILES string of the molecule is O=C(NCCCc1ccccc1)c1ccncc1F. The zero-order chi connectivity index (χ0) is 13.5. The number of carbonyl (C=O) groups is 1. The second-order valence-electron chi connectivity index (χ2n) is 4.20. The maximum atomic E-state index is 13.3. The molecule has 0 saturated heterocycles. The Kier molecular flexibility index (Phi) is 4.61. The molecule has 3 nitrogen and oxygen atoms in total. The van der Waals surface area contributed by atoms with Crippen LogP contribution in [-0.2, 0) is 6.42 Å². The van der Waals surface area contributed by atoms with Gasteiger partial charge in [-0.05, 0) is 24.5 Å². The Morgan fingerprint density at radius 1 is 1.21 bits per heavy atom. The van der Waals surface area contributed by atoms with Crippen LogP contribution in [0.2, 0.25) is 0 Å². The first-order valence-corrected chi connectivity index (χ1v) is 6.19. The molecule has 0 aliphatic heterocycles. The van der Waals surface area contributed by atoms with Crippen LogP contribution in [0.5, 0.6) is 0 Å². The van der Waals surface area contributed by atoms with E-state index in [1.165, 1.54) is 17.8 Å². The molecule has 2 rings (SSSR count). The summed E-state index contributed by atoms with van der Waals surface area (Å²) in [5.41, 5.74) is 1.27. The van der Waals surface area contributed by atoms with Crippen LogP contribution in [0.3, 0.4) is 0 Å². The molecule has 1 heterocycles. The van der Waals surface area contributed by atoms with Crippen LogP contribution in [0.25, 0.3) is 0 Å². The van der Waals surface area contributed by atoms with Crippen LogP contribution in [-0.4, -0.2) is 17.4 Å². The van der Waals surface area contributed by atoms with Gasteiger partial charge in [-0.2, -0.15) is 0 Å². The zero-order valence-electron chi connectivity index (χ0n) is 10.5. The minimum atomic E-state index is -0.594. The highest BCUT2D eigenvalue weighted by molar-refractivity contribution is 5.94. The lowest BCUT2D eigenvalue weighted by molar-refractivity contribution is 0.0949. The number of carbonyl (C=O) groups excluding carboxylic acids is 1. The molecule has 1 amide bonds. The van der Waals surface area contributed by atoms with Gasteiger partial charge in [-0.25, -0.2) is 4.39 Å². The number of amides is 1. The summed E-state index contributed by atoms with van der Waals surface area (Å²) in [6.07, 6.45) is 4.16. The first kappa shape index (κ1) is 13.2. The van der Waals surface area contributed by atoms with Gasteiger partial charge in [0.15, 0.2) is 5.82 Å². The molecule has 0 saturated carbocycles. The molecule has 19 heavy (non-hydrogen) atoms. The predicted molar refractivity (Wildman–Crippen MR) is 71.3 cm³/mol. The van der Waals surface area contributed by atoms with E-state index in [0.29, 0.717) is 6.54 Å². The van der Waals surface area contributed by atoms with E-state index in [1.807, 2.05) is 30.3 Å². The number of hydrogen-bond donors (Lipinski definition) is 1. The normalized spacial score (nSPS) is 10.2.